The fourth-order valence-corrected chi connectivity index (χ4v) is 2.15. The van der Waals surface area contributed by atoms with Crippen molar-refractivity contribution in [2.75, 3.05) is 0 Å². The summed E-state index contributed by atoms with van der Waals surface area (Å²) in [6, 6.07) is 10.8. The van der Waals surface area contributed by atoms with E-state index < -0.39 is 0 Å². The third kappa shape index (κ3) is 4.40. The Kier molecular flexibility index (Phi) is 5.28. The van der Waals surface area contributed by atoms with Crippen LogP contribution in [-0.4, -0.2) is 11.5 Å². The van der Waals surface area contributed by atoms with Gasteiger partial charge in [0, 0.05) is 17.0 Å². The summed E-state index contributed by atoms with van der Waals surface area (Å²) in [5.41, 5.74) is 2.17. The van der Waals surface area contributed by atoms with Gasteiger partial charge in [-0.15, -0.1) is 0 Å². The predicted octanol–water partition coefficient (Wildman–Crippen LogP) is 4.41. The second kappa shape index (κ2) is 7.18. The Bertz CT molecular complexity index is 711. The zero-order valence-electron chi connectivity index (χ0n) is 12.3. The Labute approximate surface area is 133 Å². The maximum Gasteiger partial charge on any atom is 0.158 e. The van der Waals surface area contributed by atoms with Crippen LogP contribution in [0.5, 0.6) is 5.75 Å². The van der Waals surface area contributed by atoms with E-state index in [1.807, 2.05) is 0 Å². The molecule has 0 saturated carbocycles. The van der Waals surface area contributed by atoms with Crippen LogP contribution in [0.4, 0.5) is 4.39 Å². The quantitative estimate of drug-likeness (QED) is 0.604. The van der Waals surface area contributed by atoms with E-state index >= 15 is 0 Å². The minimum Gasteiger partial charge on any atom is -0.357 e. The normalized spacial score (nSPS) is 11.4. The topological polar surface area (TPSA) is 38.7 Å². The van der Waals surface area contributed by atoms with Crippen LogP contribution in [0, 0.1) is 5.82 Å². The Morgan fingerprint density at radius 1 is 1.18 bits per heavy atom. The molecule has 0 radical (unpaired) electrons. The van der Waals surface area contributed by atoms with Crippen LogP contribution in [0.3, 0.4) is 0 Å². The third-order valence-corrected chi connectivity index (χ3v) is 3.24. The summed E-state index contributed by atoms with van der Waals surface area (Å²) in [6.07, 6.45) is 0.301. The number of oxime groups is 1. The van der Waals surface area contributed by atoms with Gasteiger partial charge in [0.05, 0.1) is 5.71 Å². The van der Waals surface area contributed by atoms with Crippen molar-refractivity contribution in [1.29, 1.82) is 0 Å². The molecule has 0 spiro atoms. The fourth-order valence-electron chi connectivity index (χ4n) is 1.97. The fraction of sp³-hybridized carbons (Fsp3) is 0.176. The number of hydrogen-bond acceptors (Lipinski definition) is 3. The van der Waals surface area contributed by atoms with Gasteiger partial charge < -0.3 is 4.84 Å². The standard InChI is InChI=1S/C17H15ClFNO2/c1-11(21)9-13-3-4-14(18)10-17(13)12(2)20-22-16-7-5-15(19)6-8-16/h3-8,10H,9H2,1-2H3/b20-12+. The van der Waals surface area contributed by atoms with Gasteiger partial charge in [-0.2, -0.15) is 0 Å². The summed E-state index contributed by atoms with van der Waals surface area (Å²) >= 11 is 6.01. The van der Waals surface area contributed by atoms with Crippen LogP contribution in [-0.2, 0) is 11.2 Å². The highest BCUT2D eigenvalue weighted by atomic mass is 35.5. The first kappa shape index (κ1) is 16.2. The molecule has 0 N–H and O–H groups in total. The summed E-state index contributed by atoms with van der Waals surface area (Å²) in [5.74, 6) is 0.137. The van der Waals surface area contributed by atoms with Crippen molar-refractivity contribution < 1.29 is 14.0 Å². The predicted molar refractivity (Wildman–Crippen MR) is 85.1 cm³/mol. The van der Waals surface area contributed by atoms with Crippen LogP contribution in [0.15, 0.2) is 47.6 Å². The highest BCUT2D eigenvalue weighted by molar-refractivity contribution is 6.31. The van der Waals surface area contributed by atoms with E-state index in [0.717, 1.165) is 11.1 Å². The van der Waals surface area contributed by atoms with Gasteiger partial charge in [0.15, 0.2) is 5.75 Å². The monoisotopic (exact) mass is 319 g/mol. The summed E-state index contributed by atoms with van der Waals surface area (Å²) < 4.78 is 12.8. The summed E-state index contributed by atoms with van der Waals surface area (Å²) in [7, 11) is 0. The maximum absolute atomic E-state index is 12.8. The molecule has 114 valence electrons. The number of ketones is 1. The molecule has 2 rings (SSSR count). The highest BCUT2D eigenvalue weighted by Crippen LogP contribution is 2.19. The first-order valence-electron chi connectivity index (χ1n) is 6.71. The van der Waals surface area contributed by atoms with Gasteiger partial charge in [-0.1, -0.05) is 22.8 Å². The molecule has 0 atom stereocenters. The number of nitrogens with zero attached hydrogens (tertiary/aromatic N) is 1. The molecule has 0 fully saturated rings. The smallest absolute Gasteiger partial charge is 0.158 e. The first-order valence-corrected chi connectivity index (χ1v) is 7.09. The molecule has 0 aliphatic rings. The lowest BCUT2D eigenvalue weighted by Gasteiger charge is -2.08. The largest absolute Gasteiger partial charge is 0.357 e. The van der Waals surface area contributed by atoms with Gasteiger partial charge in [0.25, 0.3) is 0 Å². The lowest BCUT2D eigenvalue weighted by molar-refractivity contribution is -0.116. The summed E-state index contributed by atoms with van der Waals surface area (Å²) in [4.78, 5) is 16.6. The Balaban J connectivity index is 2.25. The van der Waals surface area contributed by atoms with Crippen molar-refractivity contribution in [2.24, 2.45) is 5.16 Å². The van der Waals surface area contributed by atoms with E-state index in [0.29, 0.717) is 22.9 Å². The van der Waals surface area contributed by atoms with Crippen LogP contribution in [0.25, 0.3) is 0 Å². The average molecular weight is 320 g/mol. The van der Waals surface area contributed by atoms with Crippen molar-refractivity contribution in [3.8, 4) is 5.75 Å². The van der Waals surface area contributed by atoms with Crippen LogP contribution in [0.1, 0.15) is 25.0 Å². The van der Waals surface area contributed by atoms with Gasteiger partial charge in [0.1, 0.15) is 11.6 Å². The number of benzene rings is 2. The van der Waals surface area contributed by atoms with Gasteiger partial charge in [-0.3, -0.25) is 4.79 Å². The zero-order valence-corrected chi connectivity index (χ0v) is 13.0. The van der Waals surface area contributed by atoms with E-state index in [2.05, 4.69) is 5.16 Å². The number of hydrogen-bond donors (Lipinski definition) is 0. The highest BCUT2D eigenvalue weighted by Gasteiger charge is 2.09. The minimum absolute atomic E-state index is 0.0517. The van der Waals surface area contributed by atoms with E-state index in [1.165, 1.54) is 31.2 Å². The van der Waals surface area contributed by atoms with Crippen molar-refractivity contribution in [2.45, 2.75) is 20.3 Å². The SMILES string of the molecule is CC(=O)Cc1ccc(Cl)cc1/C(C)=N/Oc1ccc(F)cc1. The molecular formula is C17H15ClFNO2. The van der Waals surface area contributed by atoms with Gasteiger partial charge in [0.2, 0.25) is 0 Å². The molecule has 5 heteroatoms. The molecule has 2 aromatic rings. The molecule has 0 unspecified atom stereocenters. The van der Waals surface area contributed by atoms with Crippen molar-refractivity contribution in [3.63, 3.8) is 0 Å². The summed E-state index contributed by atoms with van der Waals surface area (Å²) in [5, 5.41) is 4.58. The van der Waals surface area contributed by atoms with Crippen LogP contribution < -0.4 is 4.84 Å². The Hall–Kier alpha value is -2.20. The molecule has 0 heterocycles. The molecule has 3 nitrogen and oxygen atoms in total. The van der Waals surface area contributed by atoms with E-state index in [-0.39, 0.29) is 11.6 Å². The number of halogens is 2. The van der Waals surface area contributed by atoms with Crippen LogP contribution in [0.2, 0.25) is 5.02 Å². The first-order chi connectivity index (χ1) is 10.5. The molecule has 0 aliphatic heterocycles. The van der Waals surface area contributed by atoms with Gasteiger partial charge in [-0.25, -0.2) is 4.39 Å². The zero-order chi connectivity index (χ0) is 16.1. The molecule has 2 aromatic carbocycles. The third-order valence-electron chi connectivity index (χ3n) is 3.00. The Morgan fingerprint density at radius 3 is 2.50 bits per heavy atom. The molecular weight excluding hydrogens is 305 g/mol. The van der Waals surface area contributed by atoms with Gasteiger partial charge in [-0.05, 0) is 55.8 Å². The number of carbonyl (C=O) groups excluding carboxylic acids is 1. The maximum atomic E-state index is 12.8. The second-order valence-electron chi connectivity index (χ2n) is 4.90. The minimum atomic E-state index is -0.341. The van der Waals surface area contributed by atoms with Crippen LogP contribution >= 0.6 is 11.6 Å². The molecule has 0 aliphatic carbocycles. The Morgan fingerprint density at radius 2 is 1.86 bits per heavy atom. The van der Waals surface area contributed by atoms with Gasteiger partial charge >= 0.3 is 0 Å². The van der Waals surface area contributed by atoms with Crippen molar-refractivity contribution in [3.05, 3.63) is 64.4 Å². The summed E-state index contributed by atoms with van der Waals surface area (Å²) in [6.45, 7) is 3.29. The average Bonchev–Trinajstić information content (AvgIpc) is 2.48. The second-order valence-corrected chi connectivity index (χ2v) is 5.34. The molecule has 0 amide bonds. The van der Waals surface area contributed by atoms with E-state index in [1.54, 1.807) is 25.1 Å². The number of rotatable bonds is 5. The molecule has 0 saturated heterocycles. The van der Waals surface area contributed by atoms with E-state index in [4.69, 9.17) is 16.4 Å². The molecule has 0 aromatic heterocycles. The lowest BCUT2D eigenvalue weighted by atomic mass is 10.00. The number of carbonyl (C=O) groups is 1. The van der Waals surface area contributed by atoms with Crippen molar-refractivity contribution in [1.82, 2.24) is 0 Å². The number of Topliss-reactive ketones (excluding diaryl/α,β-unsaturated/α-hetero) is 1. The lowest BCUT2D eigenvalue weighted by Crippen LogP contribution is -2.06. The molecule has 22 heavy (non-hydrogen) atoms. The van der Waals surface area contributed by atoms with E-state index in [9.17, 15) is 9.18 Å². The van der Waals surface area contributed by atoms with Crippen molar-refractivity contribution >= 4 is 23.1 Å². The molecule has 0 bridgehead atoms.